The van der Waals surface area contributed by atoms with Crippen LogP contribution in [0.4, 0.5) is 0 Å². The van der Waals surface area contributed by atoms with Gasteiger partial charge in [0.25, 0.3) is 0 Å². The number of oxazole rings is 1. The van der Waals surface area contributed by atoms with Gasteiger partial charge in [0.15, 0.2) is 5.58 Å². The summed E-state index contributed by atoms with van der Waals surface area (Å²) in [4.78, 5) is 3.71. The molecule has 0 saturated carbocycles. The number of rotatable bonds is 2. The number of aromatic nitrogens is 1. The molecule has 0 bridgehead atoms. The van der Waals surface area contributed by atoms with Crippen LogP contribution in [0.5, 0.6) is 0 Å². The van der Waals surface area contributed by atoms with Crippen LogP contribution >= 0.6 is 0 Å². The zero-order chi connectivity index (χ0) is 11.1. The average Bonchev–Trinajstić information content (AvgIpc) is 2.57. The number of aliphatic hydroxyl groups excluding tert-OH is 1. The maximum atomic E-state index is 11.2. The van der Waals surface area contributed by atoms with Crippen molar-refractivity contribution in [1.29, 1.82) is 0 Å². The average molecular weight is 228 g/mol. The Kier molecular flexibility index (Phi) is 2.22. The standard InChI is InChI=1S/C8H8N2O4S/c9-15(12,13)6-3-1-2-5-8(6)10-7(4-11)14-5/h1-3,11H,4H2,(H2,9,12,13). The van der Waals surface area contributed by atoms with E-state index in [1.807, 2.05) is 0 Å². The van der Waals surface area contributed by atoms with Crippen LogP contribution in [0.1, 0.15) is 5.89 Å². The number of hydrogen-bond acceptors (Lipinski definition) is 5. The van der Waals surface area contributed by atoms with E-state index in [4.69, 9.17) is 14.7 Å². The monoisotopic (exact) mass is 228 g/mol. The van der Waals surface area contributed by atoms with E-state index in [0.29, 0.717) is 0 Å². The Balaban J connectivity index is 2.81. The molecule has 2 aromatic rings. The quantitative estimate of drug-likeness (QED) is 0.750. The molecule has 0 aliphatic rings. The molecule has 6 nitrogen and oxygen atoms in total. The number of hydrogen-bond donors (Lipinski definition) is 2. The lowest BCUT2D eigenvalue weighted by atomic mass is 10.3. The van der Waals surface area contributed by atoms with Gasteiger partial charge in [-0.15, -0.1) is 0 Å². The molecule has 0 amide bonds. The highest BCUT2D eigenvalue weighted by atomic mass is 32.2. The fraction of sp³-hybridized carbons (Fsp3) is 0.125. The normalized spacial score (nSPS) is 12.1. The van der Waals surface area contributed by atoms with Gasteiger partial charge in [-0.1, -0.05) is 6.07 Å². The summed E-state index contributed by atoms with van der Waals surface area (Å²) in [6.45, 7) is -0.390. The Bertz CT molecular complexity index is 602. The molecule has 1 aromatic heterocycles. The molecule has 80 valence electrons. The first kappa shape index (κ1) is 10.1. The van der Waals surface area contributed by atoms with Crippen LogP contribution in [-0.2, 0) is 16.6 Å². The summed E-state index contributed by atoms with van der Waals surface area (Å²) in [6.07, 6.45) is 0. The van der Waals surface area contributed by atoms with Gasteiger partial charge in [-0.2, -0.15) is 0 Å². The molecule has 0 aliphatic heterocycles. The topological polar surface area (TPSA) is 106 Å². The second-order valence-corrected chi connectivity index (χ2v) is 4.44. The molecular weight excluding hydrogens is 220 g/mol. The van der Waals surface area contributed by atoms with E-state index in [2.05, 4.69) is 4.98 Å². The Morgan fingerprint density at radius 1 is 1.47 bits per heavy atom. The van der Waals surface area contributed by atoms with Gasteiger partial charge in [-0.3, -0.25) is 0 Å². The van der Waals surface area contributed by atoms with E-state index < -0.39 is 16.6 Å². The van der Waals surface area contributed by atoms with Crippen molar-refractivity contribution in [3.05, 3.63) is 24.1 Å². The third kappa shape index (κ3) is 1.72. The lowest BCUT2D eigenvalue weighted by molar-refractivity contribution is 0.244. The summed E-state index contributed by atoms with van der Waals surface area (Å²) in [5, 5.41) is 13.8. The van der Waals surface area contributed by atoms with Crippen molar-refractivity contribution in [3.8, 4) is 0 Å². The molecule has 15 heavy (non-hydrogen) atoms. The maximum absolute atomic E-state index is 11.2. The summed E-state index contributed by atoms with van der Waals surface area (Å²) in [6, 6.07) is 4.38. The lowest BCUT2D eigenvalue weighted by Gasteiger charge is -1.96. The summed E-state index contributed by atoms with van der Waals surface area (Å²) in [5.41, 5.74) is 0.426. The maximum Gasteiger partial charge on any atom is 0.240 e. The molecule has 0 aliphatic carbocycles. The van der Waals surface area contributed by atoms with E-state index in [1.54, 1.807) is 6.07 Å². The van der Waals surface area contributed by atoms with E-state index in [9.17, 15) is 8.42 Å². The largest absolute Gasteiger partial charge is 0.438 e. The Labute approximate surface area is 85.4 Å². The van der Waals surface area contributed by atoms with Crippen LogP contribution in [0.15, 0.2) is 27.5 Å². The summed E-state index contributed by atoms with van der Waals surface area (Å²) < 4.78 is 27.4. The fourth-order valence-corrected chi connectivity index (χ4v) is 1.95. The number of benzene rings is 1. The van der Waals surface area contributed by atoms with Crippen molar-refractivity contribution in [3.63, 3.8) is 0 Å². The summed E-state index contributed by atoms with van der Waals surface area (Å²) in [5.74, 6) is 0.0566. The molecule has 2 rings (SSSR count). The first-order valence-corrected chi connectivity index (χ1v) is 5.59. The first-order chi connectivity index (χ1) is 7.02. The van der Waals surface area contributed by atoms with Crippen LogP contribution in [0.3, 0.4) is 0 Å². The highest BCUT2D eigenvalue weighted by Gasteiger charge is 2.16. The van der Waals surface area contributed by atoms with Crippen molar-refractivity contribution in [2.45, 2.75) is 11.5 Å². The van der Waals surface area contributed by atoms with Gasteiger partial charge in [-0.05, 0) is 12.1 Å². The summed E-state index contributed by atoms with van der Waals surface area (Å²) >= 11 is 0. The molecule has 0 spiro atoms. The van der Waals surface area contributed by atoms with Gasteiger partial charge in [0.2, 0.25) is 15.9 Å². The zero-order valence-electron chi connectivity index (χ0n) is 7.54. The molecular formula is C8H8N2O4S. The SMILES string of the molecule is NS(=O)(=O)c1cccc2oc(CO)nc12. The van der Waals surface area contributed by atoms with Crippen molar-refractivity contribution in [2.75, 3.05) is 0 Å². The molecule has 0 unspecified atom stereocenters. The van der Waals surface area contributed by atoms with Crippen LogP contribution in [-0.4, -0.2) is 18.5 Å². The van der Waals surface area contributed by atoms with Crippen LogP contribution < -0.4 is 5.14 Å². The van der Waals surface area contributed by atoms with E-state index in [1.165, 1.54) is 12.1 Å². The predicted molar refractivity (Wildman–Crippen MR) is 51.3 cm³/mol. The minimum absolute atomic E-state index is 0.0566. The molecule has 1 heterocycles. The molecule has 3 N–H and O–H groups in total. The van der Waals surface area contributed by atoms with Gasteiger partial charge >= 0.3 is 0 Å². The van der Waals surface area contributed by atoms with Crippen LogP contribution in [0.2, 0.25) is 0 Å². The van der Waals surface area contributed by atoms with Crippen LogP contribution in [0.25, 0.3) is 11.1 Å². The number of sulfonamides is 1. The highest BCUT2D eigenvalue weighted by Crippen LogP contribution is 2.22. The van der Waals surface area contributed by atoms with E-state index in [-0.39, 0.29) is 21.9 Å². The Morgan fingerprint density at radius 2 is 2.20 bits per heavy atom. The van der Waals surface area contributed by atoms with Gasteiger partial charge in [0.1, 0.15) is 17.0 Å². The van der Waals surface area contributed by atoms with E-state index in [0.717, 1.165) is 0 Å². The highest BCUT2D eigenvalue weighted by molar-refractivity contribution is 7.89. The molecule has 0 atom stereocenters. The number of nitrogens with two attached hydrogens (primary N) is 1. The second kappa shape index (κ2) is 3.30. The van der Waals surface area contributed by atoms with Gasteiger partial charge < -0.3 is 9.52 Å². The number of aliphatic hydroxyl groups is 1. The lowest BCUT2D eigenvalue weighted by Crippen LogP contribution is -2.12. The van der Waals surface area contributed by atoms with Gasteiger partial charge in [-0.25, -0.2) is 18.5 Å². The number of fused-ring (bicyclic) bond motifs is 1. The first-order valence-electron chi connectivity index (χ1n) is 4.04. The fourth-order valence-electron chi connectivity index (χ4n) is 1.27. The minimum Gasteiger partial charge on any atom is -0.438 e. The van der Waals surface area contributed by atoms with Crippen molar-refractivity contribution >= 4 is 21.1 Å². The van der Waals surface area contributed by atoms with Gasteiger partial charge in [0.05, 0.1) is 0 Å². The smallest absolute Gasteiger partial charge is 0.240 e. The second-order valence-electron chi connectivity index (χ2n) is 2.91. The number of nitrogens with zero attached hydrogens (tertiary/aromatic N) is 1. The molecule has 0 saturated heterocycles. The Morgan fingerprint density at radius 3 is 2.80 bits per heavy atom. The number of para-hydroxylation sites is 1. The third-order valence-corrected chi connectivity index (χ3v) is 2.81. The summed E-state index contributed by atoms with van der Waals surface area (Å²) in [7, 11) is -3.83. The van der Waals surface area contributed by atoms with Crippen molar-refractivity contribution in [1.82, 2.24) is 4.98 Å². The number of primary sulfonamides is 1. The Hall–Kier alpha value is -1.44. The minimum atomic E-state index is -3.83. The van der Waals surface area contributed by atoms with Crippen molar-refractivity contribution in [2.24, 2.45) is 5.14 Å². The van der Waals surface area contributed by atoms with Crippen LogP contribution in [0, 0.1) is 0 Å². The molecule has 7 heteroatoms. The van der Waals surface area contributed by atoms with E-state index >= 15 is 0 Å². The van der Waals surface area contributed by atoms with Gasteiger partial charge in [0, 0.05) is 0 Å². The van der Waals surface area contributed by atoms with Crippen molar-refractivity contribution < 1.29 is 17.9 Å². The molecule has 0 fully saturated rings. The molecule has 1 aromatic carbocycles. The zero-order valence-corrected chi connectivity index (χ0v) is 8.36. The molecule has 0 radical (unpaired) electrons. The third-order valence-electron chi connectivity index (χ3n) is 1.87. The predicted octanol–water partition coefficient (Wildman–Crippen LogP) is -0.0325.